The Morgan fingerprint density at radius 1 is 1.63 bits per heavy atom. The number of esters is 1. The van der Waals surface area contributed by atoms with Crippen LogP contribution in [-0.4, -0.2) is 35.6 Å². The highest BCUT2D eigenvalue weighted by atomic mass is 35.5. The number of methoxy groups -OCH3 is 1. The first-order valence-electron chi connectivity index (χ1n) is 6.18. The molecule has 0 aliphatic carbocycles. The lowest BCUT2D eigenvalue weighted by molar-refractivity contribution is 0.0602. The van der Waals surface area contributed by atoms with Crippen molar-refractivity contribution >= 4 is 23.1 Å². The molecule has 1 fully saturated rings. The summed E-state index contributed by atoms with van der Waals surface area (Å²) in [6.07, 6.45) is 2.91. The number of nitrogens with zero attached hydrogens (tertiary/aromatic N) is 2. The van der Waals surface area contributed by atoms with E-state index in [9.17, 15) is 4.79 Å². The summed E-state index contributed by atoms with van der Waals surface area (Å²) in [5.74, 6) is 0.826. The molecule has 0 radical (unpaired) electrons. The summed E-state index contributed by atoms with van der Waals surface area (Å²) in [5.41, 5.74) is 1.07. The Labute approximate surface area is 115 Å². The lowest BCUT2D eigenvalue weighted by atomic mass is 10.1. The molecular weight excluding hydrogens is 266 g/mol. The van der Waals surface area contributed by atoms with Crippen LogP contribution in [0.4, 0.5) is 0 Å². The van der Waals surface area contributed by atoms with E-state index >= 15 is 0 Å². The molecule has 3 rings (SSSR count). The van der Waals surface area contributed by atoms with Crippen molar-refractivity contribution in [1.29, 1.82) is 0 Å². The number of carbonyl (C=O) groups excluding carboxylic acids is 1. The number of fused-ring (bicyclic) bond motifs is 1. The van der Waals surface area contributed by atoms with Gasteiger partial charge in [-0.3, -0.25) is 0 Å². The molecule has 5 nitrogen and oxygen atoms in total. The van der Waals surface area contributed by atoms with Crippen LogP contribution in [0.25, 0.3) is 5.52 Å². The van der Waals surface area contributed by atoms with E-state index in [1.807, 2.05) is 16.7 Å². The van der Waals surface area contributed by atoms with Crippen LogP contribution in [0.3, 0.4) is 0 Å². The fourth-order valence-electron chi connectivity index (χ4n) is 2.56. The SMILES string of the molecule is COC(=O)c1cccn2c(C3CCNC3)nc(Cl)c12. The highest BCUT2D eigenvalue weighted by Crippen LogP contribution is 2.29. The monoisotopic (exact) mass is 279 g/mol. The van der Waals surface area contributed by atoms with Crippen LogP contribution in [0.5, 0.6) is 0 Å². The minimum atomic E-state index is -0.400. The molecular formula is C13H14ClN3O2. The maximum Gasteiger partial charge on any atom is 0.340 e. The van der Waals surface area contributed by atoms with E-state index < -0.39 is 5.97 Å². The van der Waals surface area contributed by atoms with Gasteiger partial charge in [0, 0.05) is 18.7 Å². The number of aromatic nitrogens is 2. The predicted octanol–water partition coefficient (Wildman–Crippen LogP) is 1.85. The van der Waals surface area contributed by atoms with Gasteiger partial charge in [0.25, 0.3) is 0 Å². The number of halogens is 1. The van der Waals surface area contributed by atoms with Gasteiger partial charge in [-0.05, 0) is 25.1 Å². The van der Waals surface area contributed by atoms with Gasteiger partial charge in [0.2, 0.25) is 0 Å². The van der Waals surface area contributed by atoms with Crippen molar-refractivity contribution in [3.05, 3.63) is 34.9 Å². The molecule has 1 N–H and O–H groups in total. The molecule has 0 aromatic carbocycles. The summed E-state index contributed by atoms with van der Waals surface area (Å²) in [6.45, 7) is 1.87. The number of pyridine rings is 1. The minimum Gasteiger partial charge on any atom is -0.465 e. The summed E-state index contributed by atoms with van der Waals surface area (Å²) in [4.78, 5) is 16.2. The van der Waals surface area contributed by atoms with E-state index in [1.165, 1.54) is 7.11 Å². The number of carbonyl (C=O) groups is 1. The maximum atomic E-state index is 11.8. The molecule has 0 amide bonds. The summed E-state index contributed by atoms with van der Waals surface area (Å²) in [7, 11) is 1.36. The first-order valence-corrected chi connectivity index (χ1v) is 6.55. The van der Waals surface area contributed by atoms with Crippen molar-refractivity contribution in [1.82, 2.24) is 14.7 Å². The zero-order valence-corrected chi connectivity index (χ0v) is 11.3. The standard InChI is InChI=1S/C13H14ClN3O2/c1-19-13(18)9-3-2-6-17-10(9)11(14)16-12(17)8-4-5-15-7-8/h2-3,6,8,15H,4-5,7H2,1H3. The minimum absolute atomic E-state index is 0.327. The van der Waals surface area contributed by atoms with Gasteiger partial charge in [0.15, 0.2) is 5.15 Å². The van der Waals surface area contributed by atoms with Crippen LogP contribution in [0, 0.1) is 0 Å². The molecule has 2 aromatic heterocycles. The van der Waals surface area contributed by atoms with Crippen molar-refractivity contribution in [2.24, 2.45) is 0 Å². The molecule has 3 heterocycles. The van der Waals surface area contributed by atoms with E-state index in [0.29, 0.717) is 22.2 Å². The molecule has 1 aliphatic rings. The molecule has 1 aliphatic heterocycles. The molecule has 19 heavy (non-hydrogen) atoms. The summed E-state index contributed by atoms with van der Waals surface area (Å²) < 4.78 is 6.68. The average molecular weight is 280 g/mol. The highest BCUT2D eigenvalue weighted by Gasteiger charge is 2.25. The Bertz CT molecular complexity index is 632. The van der Waals surface area contributed by atoms with E-state index in [2.05, 4.69) is 10.3 Å². The van der Waals surface area contributed by atoms with Gasteiger partial charge < -0.3 is 14.5 Å². The Morgan fingerprint density at radius 2 is 2.47 bits per heavy atom. The van der Waals surface area contributed by atoms with Crippen LogP contribution in [-0.2, 0) is 4.74 Å². The normalized spacial score (nSPS) is 18.9. The first-order chi connectivity index (χ1) is 9.22. The molecule has 6 heteroatoms. The third-order valence-electron chi connectivity index (χ3n) is 3.48. The first kappa shape index (κ1) is 12.4. The van der Waals surface area contributed by atoms with Gasteiger partial charge in [-0.15, -0.1) is 0 Å². The topological polar surface area (TPSA) is 55.6 Å². The molecule has 1 atom stereocenters. The second kappa shape index (κ2) is 4.83. The van der Waals surface area contributed by atoms with Crippen molar-refractivity contribution in [3.63, 3.8) is 0 Å². The quantitative estimate of drug-likeness (QED) is 0.853. The Balaban J connectivity index is 2.19. The third kappa shape index (κ3) is 1.99. The lowest BCUT2D eigenvalue weighted by Crippen LogP contribution is -2.10. The molecule has 1 unspecified atom stereocenters. The smallest absolute Gasteiger partial charge is 0.340 e. The Hall–Kier alpha value is -1.59. The average Bonchev–Trinajstić information content (AvgIpc) is 3.06. The van der Waals surface area contributed by atoms with E-state index in [1.54, 1.807) is 6.07 Å². The fraction of sp³-hybridized carbons (Fsp3) is 0.385. The summed E-state index contributed by atoms with van der Waals surface area (Å²) >= 11 is 6.20. The van der Waals surface area contributed by atoms with Crippen molar-refractivity contribution in [2.75, 3.05) is 20.2 Å². The second-order valence-corrected chi connectivity index (χ2v) is 4.94. The summed E-state index contributed by atoms with van der Waals surface area (Å²) in [5, 5.41) is 3.66. The molecule has 2 aromatic rings. The van der Waals surface area contributed by atoms with Gasteiger partial charge >= 0.3 is 5.97 Å². The van der Waals surface area contributed by atoms with E-state index in [0.717, 1.165) is 25.3 Å². The van der Waals surface area contributed by atoms with Gasteiger partial charge in [-0.1, -0.05) is 11.6 Å². The number of imidazole rings is 1. The van der Waals surface area contributed by atoms with E-state index in [-0.39, 0.29) is 0 Å². The number of nitrogens with one attached hydrogen (secondary N) is 1. The number of rotatable bonds is 2. The van der Waals surface area contributed by atoms with Crippen molar-refractivity contribution in [3.8, 4) is 0 Å². The van der Waals surface area contributed by atoms with Gasteiger partial charge in [-0.25, -0.2) is 9.78 Å². The van der Waals surface area contributed by atoms with Crippen LogP contribution in [0.15, 0.2) is 18.3 Å². The number of hydrogen-bond donors (Lipinski definition) is 1. The molecule has 0 bridgehead atoms. The fourth-order valence-corrected chi connectivity index (χ4v) is 2.83. The second-order valence-electron chi connectivity index (χ2n) is 4.58. The largest absolute Gasteiger partial charge is 0.465 e. The van der Waals surface area contributed by atoms with Crippen LogP contribution >= 0.6 is 11.6 Å². The number of hydrogen-bond acceptors (Lipinski definition) is 4. The van der Waals surface area contributed by atoms with Crippen molar-refractivity contribution in [2.45, 2.75) is 12.3 Å². The van der Waals surface area contributed by atoms with E-state index in [4.69, 9.17) is 16.3 Å². The molecule has 100 valence electrons. The van der Waals surface area contributed by atoms with Gasteiger partial charge in [0.1, 0.15) is 5.82 Å². The molecule has 1 saturated heterocycles. The number of ether oxygens (including phenoxy) is 1. The van der Waals surface area contributed by atoms with Crippen LogP contribution in [0.2, 0.25) is 5.15 Å². The Kier molecular flexibility index (Phi) is 3.16. The third-order valence-corrected chi connectivity index (χ3v) is 3.74. The molecule has 0 saturated carbocycles. The predicted molar refractivity (Wildman–Crippen MR) is 71.8 cm³/mol. The molecule has 0 spiro atoms. The lowest BCUT2D eigenvalue weighted by Gasteiger charge is -2.08. The highest BCUT2D eigenvalue weighted by molar-refractivity contribution is 6.33. The van der Waals surface area contributed by atoms with Gasteiger partial charge in [-0.2, -0.15) is 0 Å². The van der Waals surface area contributed by atoms with Crippen LogP contribution in [0.1, 0.15) is 28.5 Å². The zero-order chi connectivity index (χ0) is 13.4. The zero-order valence-electron chi connectivity index (χ0n) is 10.5. The van der Waals surface area contributed by atoms with Crippen LogP contribution < -0.4 is 5.32 Å². The Morgan fingerprint density at radius 3 is 3.16 bits per heavy atom. The maximum absolute atomic E-state index is 11.8. The summed E-state index contributed by atoms with van der Waals surface area (Å²) in [6, 6.07) is 3.51. The van der Waals surface area contributed by atoms with Gasteiger partial charge in [0.05, 0.1) is 18.2 Å². The van der Waals surface area contributed by atoms with Crippen molar-refractivity contribution < 1.29 is 9.53 Å².